The van der Waals surface area contributed by atoms with Crippen LogP contribution in [0.3, 0.4) is 0 Å². The van der Waals surface area contributed by atoms with Gasteiger partial charge in [0.2, 0.25) is 6.29 Å². The number of carbonyl (C=O) groups is 1. The highest BCUT2D eigenvalue weighted by molar-refractivity contribution is 5.69. The van der Waals surface area contributed by atoms with Gasteiger partial charge in [-0.05, 0) is 24.5 Å². The van der Waals surface area contributed by atoms with E-state index in [1.165, 1.54) is 19.2 Å². The molecule has 160 valence electrons. The molecule has 3 unspecified atom stereocenters. The van der Waals surface area contributed by atoms with Crippen LogP contribution in [0.15, 0.2) is 67.0 Å². The number of nitrogens with zero attached hydrogens (tertiary/aromatic N) is 1. The summed E-state index contributed by atoms with van der Waals surface area (Å²) in [7, 11) is 1.35. The molecule has 0 bridgehead atoms. The Kier molecular flexibility index (Phi) is 7.65. The van der Waals surface area contributed by atoms with Gasteiger partial charge in [-0.15, -0.1) is 0 Å². The molecule has 1 fully saturated rings. The first kappa shape index (κ1) is 22.1. The van der Waals surface area contributed by atoms with Crippen molar-refractivity contribution in [1.29, 1.82) is 0 Å². The lowest BCUT2D eigenvalue weighted by Crippen LogP contribution is -2.44. The normalized spacial score (nSPS) is 22.2. The van der Waals surface area contributed by atoms with E-state index < -0.39 is 18.3 Å². The molecule has 7 heteroatoms. The summed E-state index contributed by atoms with van der Waals surface area (Å²) in [5.41, 5.74) is 0.573. The lowest BCUT2D eigenvalue weighted by Gasteiger charge is -2.39. The molecule has 2 heterocycles. The van der Waals surface area contributed by atoms with E-state index in [0.717, 1.165) is 5.56 Å². The Hall–Kier alpha value is -2.64. The number of hydrogen-bond donors (Lipinski definition) is 0. The van der Waals surface area contributed by atoms with Gasteiger partial charge in [-0.1, -0.05) is 48.6 Å². The first-order chi connectivity index (χ1) is 14.5. The van der Waals surface area contributed by atoms with Crippen molar-refractivity contribution in [2.45, 2.75) is 37.6 Å². The van der Waals surface area contributed by atoms with Gasteiger partial charge in [-0.3, -0.25) is 9.78 Å². The number of alkyl halides is 2. The number of hydrogen-bond acceptors (Lipinski definition) is 5. The summed E-state index contributed by atoms with van der Waals surface area (Å²) in [4.78, 5) is 15.3. The second-order valence-electron chi connectivity index (χ2n) is 7.08. The Morgan fingerprint density at radius 3 is 2.73 bits per heavy atom. The Morgan fingerprint density at radius 2 is 2.03 bits per heavy atom. The Morgan fingerprint density at radius 1 is 1.23 bits per heavy atom. The number of rotatable bonds is 8. The van der Waals surface area contributed by atoms with E-state index in [4.69, 9.17) is 9.47 Å². The molecule has 1 aliphatic rings. The van der Waals surface area contributed by atoms with Crippen molar-refractivity contribution in [2.24, 2.45) is 5.92 Å². The molecule has 1 aromatic heterocycles. The van der Waals surface area contributed by atoms with Crippen LogP contribution in [0.4, 0.5) is 8.78 Å². The van der Waals surface area contributed by atoms with Crippen LogP contribution < -0.4 is 0 Å². The van der Waals surface area contributed by atoms with Crippen molar-refractivity contribution in [3.63, 3.8) is 0 Å². The highest BCUT2D eigenvalue weighted by atomic mass is 19.3. The second-order valence-corrected chi connectivity index (χ2v) is 7.08. The minimum absolute atomic E-state index is 0.119. The zero-order chi connectivity index (χ0) is 21.4. The number of benzene rings is 1. The maximum Gasteiger partial charge on any atom is 0.323 e. The predicted octanol–water partition coefficient (Wildman–Crippen LogP) is 4.80. The van der Waals surface area contributed by atoms with Gasteiger partial charge < -0.3 is 14.2 Å². The first-order valence-corrected chi connectivity index (χ1v) is 9.84. The van der Waals surface area contributed by atoms with Gasteiger partial charge in [-0.2, -0.15) is 8.78 Å². The van der Waals surface area contributed by atoms with Crippen LogP contribution in [-0.4, -0.2) is 31.0 Å². The second kappa shape index (κ2) is 10.4. The summed E-state index contributed by atoms with van der Waals surface area (Å²) in [5.74, 6) is -3.72. The molecule has 0 spiro atoms. The van der Waals surface area contributed by atoms with Crippen molar-refractivity contribution in [2.75, 3.05) is 13.7 Å². The highest BCUT2D eigenvalue weighted by Gasteiger charge is 2.48. The van der Waals surface area contributed by atoms with Crippen LogP contribution in [0.1, 0.15) is 36.5 Å². The number of esters is 1. The fourth-order valence-electron chi connectivity index (χ4n) is 3.35. The smallest absolute Gasteiger partial charge is 0.323 e. The first-order valence-electron chi connectivity index (χ1n) is 9.84. The summed E-state index contributed by atoms with van der Waals surface area (Å²) in [6.07, 6.45) is 6.17. The highest BCUT2D eigenvalue weighted by Crippen LogP contribution is 2.42. The fourth-order valence-corrected chi connectivity index (χ4v) is 3.35. The average Bonchev–Trinajstić information content (AvgIpc) is 2.79. The number of allylic oxidation sites excluding steroid dienone is 2. The molecule has 1 aromatic carbocycles. The summed E-state index contributed by atoms with van der Waals surface area (Å²) in [5, 5.41) is 0. The number of methoxy groups -OCH3 is 1. The number of pyridine rings is 1. The van der Waals surface area contributed by atoms with Crippen LogP contribution in [0, 0.1) is 5.92 Å². The molecule has 30 heavy (non-hydrogen) atoms. The molecular weight excluding hydrogens is 392 g/mol. The lowest BCUT2D eigenvalue weighted by molar-refractivity contribution is -0.320. The van der Waals surface area contributed by atoms with Crippen LogP contribution >= 0.6 is 0 Å². The molecule has 0 aliphatic carbocycles. The van der Waals surface area contributed by atoms with Crippen molar-refractivity contribution in [1.82, 2.24) is 4.98 Å². The number of ether oxygens (including phenoxy) is 3. The minimum Gasteiger partial charge on any atom is -0.469 e. The van der Waals surface area contributed by atoms with Crippen LogP contribution in [0.25, 0.3) is 0 Å². The van der Waals surface area contributed by atoms with E-state index in [1.54, 1.807) is 36.7 Å². The lowest BCUT2D eigenvalue weighted by atomic mass is 9.92. The molecule has 1 aliphatic heterocycles. The van der Waals surface area contributed by atoms with E-state index in [9.17, 15) is 13.6 Å². The average molecular weight is 417 g/mol. The van der Waals surface area contributed by atoms with Crippen LogP contribution in [-0.2, 0) is 24.9 Å². The quantitative estimate of drug-likeness (QED) is 0.456. The maximum atomic E-state index is 15.0. The van der Waals surface area contributed by atoms with Gasteiger partial charge >= 0.3 is 11.9 Å². The molecule has 5 nitrogen and oxygen atoms in total. The Labute approximate surface area is 174 Å². The zero-order valence-corrected chi connectivity index (χ0v) is 16.7. The number of carbonyl (C=O) groups excluding carboxylic acids is 1. The third-order valence-corrected chi connectivity index (χ3v) is 4.98. The van der Waals surface area contributed by atoms with Gasteiger partial charge in [0.1, 0.15) is 0 Å². The summed E-state index contributed by atoms with van der Waals surface area (Å²) < 4.78 is 45.9. The van der Waals surface area contributed by atoms with Crippen LogP contribution in [0.5, 0.6) is 0 Å². The fraction of sp³-hybridized carbons (Fsp3) is 0.391. The van der Waals surface area contributed by atoms with E-state index in [-0.39, 0.29) is 24.1 Å². The Balaban J connectivity index is 1.71. The molecule has 0 radical (unpaired) electrons. The van der Waals surface area contributed by atoms with Gasteiger partial charge in [0, 0.05) is 30.3 Å². The maximum absolute atomic E-state index is 15.0. The van der Waals surface area contributed by atoms with Gasteiger partial charge in [0.05, 0.1) is 19.8 Å². The topological polar surface area (TPSA) is 57.7 Å². The predicted molar refractivity (Wildman–Crippen MR) is 107 cm³/mol. The van der Waals surface area contributed by atoms with Gasteiger partial charge in [0.25, 0.3) is 0 Å². The van der Waals surface area contributed by atoms with Crippen molar-refractivity contribution in [3.8, 4) is 0 Å². The third kappa shape index (κ3) is 5.49. The monoisotopic (exact) mass is 417 g/mol. The van der Waals surface area contributed by atoms with Gasteiger partial charge in [0.15, 0.2) is 0 Å². The van der Waals surface area contributed by atoms with Crippen molar-refractivity contribution in [3.05, 3.63) is 78.1 Å². The third-order valence-electron chi connectivity index (χ3n) is 4.98. The molecule has 3 atom stereocenters. The molecule has 0 saturated carbocycles. The molecule has 0 N–H and O–H groups in total. The van der Waals surface area contributed by atoms with E-state index in [0.29, 0.717) is 19.3 Å². The van der Waals surface area contributed by atoms with E-state index in [1.807, 2.05) is 18.2 Å². The molecule has 2 aromatic rings. The summed E-state index contributed by atoms with van der Waals surface area (Å²) in [6.45, 7) is 0.119. The molecule has 1 saturated heterocycles. The molecule has 3 rings (SSSR count). The number of halogens is 2. The standard InChI is InChI=1S/C23H25F2NO4/c1-28-20(27)13-7-2-4-9-18-16-29-22(23(24,25)19-11-5-3-6-12-19)30-21(18)17-10-8-14-26-15-17/h2-6,8,10-12,14-15,18,21-22H,7,9,13,16H2,1H3/b4-2-. The van der Waals surface area contributed by atoms with E-state index >= 15 is 0 Å². The van der Waals surface area contributed by atoms with Gasteiger partial charge in [-0.25, -0.2) is 0 Å². The minimum atomic E-state index is -3.29. The number of aromatic nitrogens is 1. The van der Waals surface area contributed by atoms with Crippen molar-refractivity contribution >= 4 is 5.97 Å². The zero-order valence-electron chi connectivity index (χ0n) is 16.7. The Bertz CT molecular complexity index is 830. The van der Waals surface area contributed by atoms with Crippen molar-refractivity contribution < 1.29 is 27.8 Å². The largest absolute Gasteiger partial charge is 0.469 e. The molecule has 0 amide bonds. The van der Waals surface area contributed by atoms with Crippen LogP contribution in [0.2, 0.25) is 0 Å². The molecular formula is C23H25F2NO4. The van der Waals surface area contributed by atoms with E-state index in [2.05, 4.69) is 9.72 Å². The summed E-state index contributed by atoms with van der Waals surface area (Å²) >= 11 is 0. The SMILES string of the molecule is COC(=O)CC/C=C\CC1COC(C(F)(F)c2ccccc2)OC1c1cccnc1. The summed E-state index contributed by atoms with van der Waals surface area (Å²) in [6, 6.07) is 11.1.